The van der Waals surface area contributed by atoms with Gasteiger partial charge < -0.3 is 15.0 Å². The number of aryl methyl sites for hydroxylation is 2. The molecule has 1 aromatic carbocycles. The molecule has 1 unspecified atom stereocenters. The quantitative estimate of drug-likeness (QED) is 0.578. The van der Waals surface area contributed by atoms with Gasteiger partial charge in [-0.15, -0.1) is 11.3 Å². The van der Waals surface area contributed by atoms with Crippen molar-refractivity contribution in [3.8, 4) is 10.4 Å². The summed E-state index contributed by atoms with van der Waals surface area (Å²) < 4.78 is 22.5. The van der Waals surface area contributed by atoms with Crippen LogP contribution in [0, 0.1) is 12.7 Å². The molecule has 2 N–H and O–H groups in total. The van der Waals surface area contributed by atoms with Crippen molar-refractivity contribution in [2.75, 3.05) is 6.61 Å². The van der Waals surface area contributed by atoms with Crippen LogP contribution in [0.3, 0.4) is 0 Å². The molecule has 2 aliphatic carbocycles. The Hall–Kier alpha value is -2.51. The summed E-state index contributed by atoms with van der Waals surface area (Å²) in [5, 5.41) is 0.231. The first-order valence-corrected chi connectivity index (χ1v) is 11.7. The molecule has 162 valence electrons. The van der Waals surface area contributed by atoms with E-state index >= 15 is 4.39 Å². The maximum absolute atomic E-state index is 15.4. The van der Waals surface area contributed by atoms with E-state index in [1.54, 1.807) is 24.5 Å². The first-order valence-electron chi connectivity index (χ1n) is 10.8. The van der Waals surface area contributed by atoms with Gasteiger partial charge >= 0.3 is 5.97 Å². The first-order chi connectivity index (χ1) is 14.9. The molecule has 0 saturated heterocycles. The first kappa shape index (κ1) is 20.4. The molecule has 0 bridgehead atoms. The van der Waals surface area contributed by atoms with Crippen molar-refractivity contribution in [3.05, 3.63) is 55.9 Å². The van der Waals surface area contributed by atoms with Gasteiger partial charge in [-0.3, -0.25) is 4.79 Å². The number of carbonyl (C=O) groups excluding carboxylic acids is 1. The van der Waals surface area contributed by atoms with E-state index in [4.69, 9.17) is 10.5 Å². The normalized spacial score (nSPS) is 18.3. The number of halogens is 1. The lowest BCUT2D eigenvalue weighted by atomic mass is 9.93. The van der Waals surface area contributed by atoms with Crippen LogP contribution in [-0.4, -0.2) is 17.1 Å². The van der Waals surface area contributed by atoms with Crippen molar-refractivity contribution in [3.63, 3.8) is 0 Å². The number of aromatic nitrogens is 1. The van der Waals surface area contributed by atoms with Crippen LogP contribution in [-0.2, 0) is 11.2 Å². The number of fused-ring (bicyclic) bond motifs is 2. The summed E-state index contributed by atoms with van der Waals surface area (Å²) in [7, 11) is 0. The molecule has 3 aromatic rings. The fourth-order valence-corrected chi connectivity index (χ4v) is 6.07. The van der Waals surface area contributed by atoms with Crippen LogP contribution in [0.4, 0.5) is 4.39 Å². The minimum atomic E-state index is -0.661. The summed E-state index contributed by atoms with van der Waals surface area (Å²) in [6.07, 6.45) is 6.50. The Balaban J connectivity index is 1.76. The highest BCUT2D eigenvalue weighted by Gasteiger charge is 2.30. The predicted octanol–water partition coefficient (Wildman–Crippen LogP) is 5.03. The number of nitrogens with two attached hydrogens (primary N) is 1. The Morgan fingerprint density at radius 2 is 2.10 bits per heavy atom. The number of esters is 1. The van der Waals surface area contributed by atoms with E-state index in [0.717, 1.165) is 48.1 Å². The van der Waals surface area contributed by atoms with Crippen LogP contribution in [0.15, 0.2) is 23.1 Å². The van der Waals surface area contributed by atoms with Crippen LogP contribution < -0.4 is 11.2 Å². The maximum atomic E-state index is 15.4. The molecule has 0 radical (unpaired) electrons. The highest BCUT2D eigenvalue weighted by Crippen LogP contribution is 2.44. The Kier molecular flexibility index (Phi) is 4.98. The van der Waals surface area contributed by atoms with Crippen LogP contribution in [0.5, 0.6) is 0 Å². The lowest BCUT2D eigenvalue weighted by Gasteiger charge is -2.17. The van der Waals surface area contributed by atoms with Crippen molar-refractivity contribution in [2.24, 2.45) is 5.73 Å². The summed E-state index contributed by atoms with van der Waals surface area (Å²) in [6.45, 7) is 3.74. The molecule has 0 amide bonds. The Labute approximate surface area is 183 Å². The zero-order valence-electron chi connectivity index (χ0n) is 17.7. The average Bonchev–Trinajstić information content (AvgIpc) is 3.48. The topological polar surface area (TPSA) is 74.3 Å². The number of hydrogen-bond donors (Lipinski definition) is 1. The third-order valence-corrected chi connectivity index (χ3v) is 7.58. The summed E-state index contributed by atoms with van der Waals surface area (Å²) in [6, 6.07) is 3.51. The van der Waals surface area contributed by atoms with E-state index in [2.05, 4.69) is 0 Å². The number of hydrogen-bond acceptors (Lipinski definition) is 5. The van der Waals surface area contributed by atoms with Crippen molar-refractivity contribution in [1.82, 2.24) is 4.57 Å². The van der Waals surface area contributed by atoms with Crippen molar-refractivity contribution >= 4 is 28.2 Å². The molecule has 0 aliphatic heterocycles. The average molecular weight is 441 g/mol. The predicted molar refractivity (Wildman–Crippen MR) is 120 cm³/mol. The fraction of sp³-hybridized carbons (Fsp3) is 0.417. The molecular weight excluding hydrogens is 415 g/mol. The molecule has 31 heavy (non-hydrogen) atoms. The van der Waals surface area contributed by atoms with E-state index in [1.165, 1.54) is 10.9 Å². The van der Waals surface area contributed by atoms with E-state index in [9.17, 15) is 9.59 Å². The number of ether oxygens (including phenoxy) is 1. The minimum Gasteiger partial charge on any atom is -0.462 e. The molecule has 2 aliphatic rings. The molecule has 5 rings (SSSR count). The second-order valence-corrected chi connectivity index (χ2v) is 9.61. The van der Waals surface area contributed by atoms with Crippen LogP contribution >= 0.6 is 11.3 Å². The third-order valence-electron chi connectivity index (χ3n) is 6.35. The van der Waals surface area contributed by atoms with E-state index in [0.29, 0.717) is 11.1 Å². The van der Waals surface area contributed by atoms with Crippen LogP contribution in [0.2, 0.25) is 0 Å². The van der Waals surface area contributed by atoms with Gasteiger partial charge in [0.15, 0.2) is 0 Å². The standard InChI is InChI=1S/C24H25FN2O3S/c1-3-30-24(29)16-11-27(13-7-8-13)22-12(2)21(17(25)9-15(22)23(16)28)20-10-14-18(26)5-4-6-19(14)31-20/h9-11,13,18H,3-8,26H2,1-2H3. The van der Waals surface area contributed by atoms with Crippen molar-refractivity contribution in [2.45, 2.75) is 58.0 Å². The number of carbonyl (C=O) groups is 1. The van der Waals surface area contributed by atoms with Gasteiger partial charge in [0.25, 0.3) is 0 Å². The third kappa shape index (κ3) is 3.31. The van der Waals surface area contributed by atoms with Gasteiger partial charge in [-0.2, -0.15) is 0 Å². The second kappa shape index (κ2) is 7.57. The van der Waals surface area contributed by atoms with E-state index < -0.39 is 17.2 Å². The van der Waals surface area contributed by atoms with Gasteiger partial charge in [-0.05, 0) is 69.2 Å². The van der Waals surface area contributed by atoms with Gasteiger partial charge in [0.2, 0.25) is 5.43 Å². The highest BCUT2D eigenvalue weighted by molar-refractivity contribution is 7.15. The molecule has 2 aromatic heterocycles. The molecule has 1 saturated carbocycles. The lowest BCUT2D eigenvalue weighted by Crippen LogP contribution is -2.21. The van der Waals surface area contributed by atoms with E-state index in [1.807, 2.05) is 17.6 Å². The molecule has 1 fully saturated rings. The Bertz CT molecular complexity index is 1270. The van der Waals surface area contributed by atoms with Gasteiger partial charge in [0.1, 0.15) is 11.4 Å². The van der Waals surface area contributed by atoms with Gasteiger partial charge in [-0.25, -0.2) is 9.18 Å². The van der Waals surface area contributed by atoms with Crippen molar-refractivity contribution in [1.29, 1.82) is 0 Å². The zero-order chi connectivity index (χ0) is 21.9. The number of pyridine rings is 1. The SMILES string of the molecule is CCOC(=O)c1cn(C2CC2)c2c(C)c(-c3cc4c(s3)CCCC4N)c(F)cc2c1=O. The number of thiophene rings is 1. The lowest BCUT2D eigenvalue weighted by molar-refractivity contribution is 0.0524. The summed E-state index contributed by atoms with van der Waals surface area (Å²) in [4.78, 5) is 27.5. The summed E-state index contributed by atoms with van der Waals surface area (Å²) in [5.41, 5.74) is 8.84. The number of nitrogens with zero attached hydrogens (tertiary/aromatic N) is 1. The second-order valence-electron chi connectivity index (χ2n) is 8.47. The van der Waals surface area contributed by atoms with Gasteiger partial charge in [-0.1, -0.05) is 0 Å². The maximum Gasteiger partial charge on any atom is 0.343 e. The largest absolute Gasteiger partial charge is 0.462 e. The van der Waals surface area contributed by atoms with Gasteiger partial charge in [0, 0.05) is 39.0 Å². The molecule has 5 nitrogen and oxygen atoms in total. The molecule has 1 atom stereocenters. The monoisotopic (exact) mass is 440 g/mol. The Morgan fingerprint density at radius 3 is 2.77 bits per heavy atom. The summed E-state index contributed by atoms with van der Waals surface area (Å²) in [5.74, 6) is -1.11. The molecule has 0 spiro atoms. The van der Waals surface area contributed by atoms with Crippen LogP contribution in [0.25, 0.3) is 21.3 Å². The fourth-order valence-electron chi connectivity index (χ4n) is 4.69. The molecular formula is C24H25FN2O3S. The molecule has 2 heterocycles. The summed E-state index contributed by atoms with van der Waals surface area (Å²) >= 11 is 1.60. The number of rotatable bonds is 4. The number of benzene rings is 1. The Morgan fingerprint density at radius 1 is 1.32 bits per heavy atom. The van der Waals surface area contributed by atoms with E-state index in [-0.39, 0.29) is 29.6 Å². The van der Waals surface area contributed by atoms with Gasteiger partial charge in [0.05, 0.1) is 12.1 Å². The molecule has 7 heteroatoms. The highest BCUT2D eigenvalue weighted by atomic mass is 32.1. The zero-order valence-corrected chi connectivity index (χ0v) is 18.5. The smallest absolute Gasteiger partial charge is 0.343 e. The minimum absolute atomic E-state index is 0.00523. The van der Waals surface area contributed by atoms with Crippen LogP contribution in [0.1, 0.15) is 71.1 Å². The van der Waals surface area contributed by atoms with Crippen molar-refractivity contribution < 1.29 is 13.9 Å².